The zero-order valence-corrected chi connectivity index (χ0v) is 15.7. The summed E-state index contributed by atoms with van der Waals surface area (Å²) in [7, 11) is 0. The lowest BCUT2D eigenvalue weighted by Gasteiger charge is -2.07. The first-order valence-electron chi connectivity index (χ1n) is 9.38. The Morgan fingerprint density at radius 3 is 2.39 bits per heavy atom. The molecule has 0 aliphatic heterocycles. The number of ketones is 1. The molecular formula is C21H23N3O4. The van der Waals surface area contributed by atoms with Crippen molar-refractivity contribution in [3.63, 3.8) is 0 Å². The standard InChI is InChI=1S/C21H23N3O4/c1-2-3-20(26)24-17-7-4-14(5-8-17)18(25)13-28-21(27)15-6-11-19(22-12-15)23-16-9-10-16/h4-8,11-12,16H,2-3,9-10,13H2,1H3,(H,22,23)(H,24,26). The van der Waals surface area contributed by atoms with E-state index < -0.39 is 5.97 Å². The predicted octanol–water partition coefficient (Wildman–Crippen LogP) is 3.43. The van der Waals surface area contributed by atoms with Gasteiger partial charge in [0.1, 0.15) is 5.82 Å². The zero-order valence-electron chi connectivity index (χ0n) is 15.7. The molecule has 7 nitrogen and oxygen atoms in total. The van der Waals surface area contributed by atoms with Crippen LogP contribution in [0.4, 0.5) is 11.5 Å². The highest BCUT2D eigenvalue weighted by atomic mass is 16.5. The SMILES string of the molecule is CCCC(=O)Nc1ccc(C(=O)COC(=O)c2ccc(NC3CC3)nc2)cc1. The molecule has 2 N–H and O–H groups in total. The molecule has 0 radical (unpaired) electrons. The summed E-state index contributed by atoms with van der Waals surface area (Å²) >= 11 is 0. The molecule has 0 saturated heterocycles. The van der Waals surface area contributed by atoms with Gasteiger partial charge in [-0.05, 0) is 55.7 Å². The molecule has 1 fully saturated rings. The monoisotopic (exact) mass is 381 g/mol. The minimum atomic E-state index is -0.595. The molecule has 1 aromatic heterocycles. The second-order valence-electron chi connectivity index (χ2n) is 6.73. The molecule has 2 aromatic rings. The molecule has 3 rings (SSSR count). The number of aromatic nitrogens is 1. The Morgan fingerprint density at radius 2 is 1.79 bits per heavy atom. The number of ether oxygens (including phenoxy) is 1. The van der Waals surface area contributed by atoms with E-state index in [0.717, 1.165) is 25.1 Å². The van der Waals surface area contributed by atoms with E-state index >= 15 is 0 Å². The number of pyridine rings is 1. The molecule has 1 saturated carbocycles. The minimum absolute atomic E-state index is 0.0672. The van der Waals surface area contributed by atoms with Gasteiger partial charge in [-0.15, -0.1) is 0 Å². The van der Waals surface area contributed by atoms with Crippen molar-refractivity contribution in [2.45, 2.75) is 38.6 Å². The van der Waals surface area contributed by atoms with Crippen LogP contribution in [0.1, 0.15) is 53.3 Å². The van der Waals surface area contributed by atoms with Gasteiger partial charge in [0.15, 0.2) is 12.4 Å². The normalized spacial score (nSPS) is 12.9. The van der Waals surface area contributed by atoms with Gasteiger partial charge in [0, 0.05) is 29.9 Å². The number of anilines is 2. The first kappa shape index (κ1) is 19.5. The van der Waals surface area contributed by atoms with E-state index in [-0.39, 0.29) is 18.3 Å². The average molecular weight is 381 g/mol. The molecule has 28 heavy (non-hydrogen) atoms. The minimum Gasteiger partial charge on any atom is -0.454 e. The van der Waals surface area contributed by atoms with Gasteiger partial charge in [-0.2, -0.15) is 0 Å². The number of carbonyl (C=O) groups excluding carboxylic acids is 3. The molecule has 1 aliphatic carbocycles. The van der Waals surface area contributed by atoms with E-state index in [1.165, 1.54) is 6.20 Å². The topological polar surface area (TPSA) is 97.4 Å². The maximum Gasteiger partial charge on any atom is 0.340 e. The number of rotatable bonds is 9. The van der Waals surface area contributed by atoms with Crippen molar-refractivity contribution >= 4 is 29.2 Å². The second-order valence-corrected chi connectivity index (χ2v) is 6.73. The van der Waals surface area contributed by atoms with Crippen molar-refractivity contribution in [1.29, 1.82) is 0 Å². The maximum absolute atomic E-state index is 12.2. The fourth-order valence-corrected chi connectivity index (χ4v) is 2.52. The third-order valence-electron chi connectivity index (χ3n) is 4.23. The summed E-state index contributed by atoms with van der Waals surface area (Å²) in [5, 5.41) is 5.99. The van der Waals surface area contributed by atoms with Gasteiger partial charge in [-0.25, -0.2) is 9.78 Å². The largest absolute Gasteiger partial charge is 0.454 e. The molecule has 1 heterocycles. The van der Waals surface area contributed by atoms with Gasteiger partial charge in [-0.3, -0.25) is 9.59 Å². The number of nitrogens with zero attached hydrogens (tertiary/aromatic N) is 1. The highest BCUT2D eigenvalue weighted by molar-refractivity contribution is 6.00. The Morgan fingerprint density at radius 1 is 1.07 bits per heavy atom. The zero-order chi connectivity index (χ0) is 19.9. The molecule has 0 unspecified atom stereocenters. The molecule has 1 aliphatic rings. The molecule has 7 heteroatoms. The van der Waals surface area contributed by atoms with Gasteiger partial charge in [0.2, 0.25) is 5.91 Å². The summed E-state index contributed by atoms with van der Waals surface area (Å²) in [4.78, 5) is 40.0. The smallest absolute Gasteiger partial charge is 0.340 e. The molecule has 0 bridgehead atoms. The fourth-order valence-electron chi connectivity index (χ4n) is 2.52. The van der Waals surface area contributed by atoms with E-state index in [9.17, 15) is 14.4 Å². The fraction of sp³-hybridized carbons (Fsp3) is 0.333. The molecule has 1 amide bonds. The Bertz CT molecular complexity index is 843. The number of amides is 1. The van der Waals surface area contributed by atoms with Gasteiger partial charge in [0.25, 0.3) is 0 Å². The van der Waals surface area contributed by atoms with Gasteiger partial charge in [0.05, 0.1) is 5.56 Å². The second kappa shape index (κ2) is 9.12. The van der Waals surface area contributed by atoms with Crippen LogP contribution in [0.5, 0.6) is 0 Å². The summed E-state index contributed by atoms with van der Waals surface area (Å²) < 4.78 is 5.09. The number of nitrogens with one attached hydrogen (secondary N) is 2. The van der Waals surface area contributed by atoms with E-state index in [1.807, 2.05) is 6.92 Å². The maximum atomic E-state index is 12.2. The first-order chi connectivity index (χ1) is 13.5. The van der Waals surface area contributed by atoms with Crippen molar-refractivity contribution in [2.24, 2.45) is 0 Å². The van der Waals surface area contributed by atoms with Crippen LogP contribution in [0, 0.1) is 0 Å². The molecule has 0 spiro atoms. The van der Waals surface area contributed by atoms with E-state index in [1.54, 1.807) is 36.4 Å². The number of esters is 1. The van der Waals surface area contributed by atoms with Crippen LogP contribution >= 0.6 is 0 Å². The van der Waals surface area contributed by atoms with Crippen LogP contribution in [0.25, 0.3) is 0 Å². The van der Waals surface area contributed by atoms with Crippen LogP contribution in [-0.2, 0) is 9.53 Å². The highest BCUT2D eigenvalue weighted by Gasteiger charge is 2.21. The Hall–Kier alpha value is -3.22. The van der Waals surface area contributed by atoms with Crippen molar-refractivity contribution in [1.82, 2.24) is 4.98 Å². The lowest BCUT2D eigenvalue weighted by Crippen LogP contribution is -2.15. The highest BCUT2D eigenvalue weighted by Crippen LogP contribution is 2.23. The number of hydrogen-bond acceptors (Lipinski definition) is 6. The van der Waals surface area contributed by atoms with Gasteiger partial charge in [-0.1, -0.05) is 6.92 Å². The molecule has 146 valence electrons. The van der Waals surface area contributed by atoms with Crippen molar-refractivity contribution < 1.29 is 19.1 Å². The van der Waals surface area contributed by atoms with Crippen LogP contribution in [0.2, 0.25) is 0 Å². The predicted molar refractivity (Wildman–Crippen MR) is 105 cm³/mol. The third-order valence-corrected chi connectivity index (χ3v) is 4.23. The van der Waals surface area contributed by atoms with E-state index in [0.29, 0.717) is 29.3 Å². The van der Waals surface area contributed by atoms with Gasteiger partial charge < -0.3 is 15.4 Å². The van der Waals surface area contributed by atoms with Crippen molar-refractivity contribution in [3.05, 3.63) is 53.7 Å². The van der Waals surface area contributed by atoms with Crippen molar-refractivity contribution in [2.75, 3.05) is 17.2 Å². The number of benzene rings is 1. The third kappa shape index (κ3) is 5.64. The van der Waals surface area contributed by atoms with Crippen LogP contribution in [-0.4, -0.2) is 35.3 Å². The van der Waals surface area contributed by atoms with E-state index in [2.05, 4.69) is 15.6 Å². The van der Waals surface area contributed by atoms with Crippen LogP contribution in [0.15, 0.2) is 42.6 Å². The summed E-state index contributed by atoms with van der Waals surface area (Å²) in [6.45, 7) is 1.57. The number of carbonyl (C=O) groups is 3. The summed E-state index contributed by atoms with van der Waals surface area (Å²) in [5.74, 6) is -0.259. The number of Topliss-reactive ketones (excluding diaryl/α,β-unsaturated/α-hetero) is 1. The molecule has 0 atom stereocenters. The summed E-state index contributed by atoms with van der Waals surface area (Å²) in [6.07, 6.45) is 4.93. The van der Waals surface area contributed by atoms with Crippen LogP contribution in [0.3, 0.4) is 0 Å². The lowest BCUT2D eigenvalue weighted by atomic mass is 10.1. The molecular weight excluding hydrogens is 358 g/mol. The van der Waals surface area contributed by atoms with Crippen LogP contribution < -0.4 is 10.6 Å². The molecule has 1 aromatic carbocycles. The summed E-state index contributed by atoms with van der Waals surface area (Å²) in [6, 6.07) is 10.3. The summed E-state index contributed by atoms with van der Waals surface area (Å²) in [5.41, 5.74) is 1.32. The van der Waals surface area contributed by atoms with Crippen molar-refractivity contribution in [3.8, 4) is 0 Å². The average Bonchev–Trinajstić information content (AvgIpc) is 3.51. The first-order valence-corrected chi connectivity index (χ1v) is 9.38. The Kier molecular flexibility index (Phi) is 6.37. The van der Waals surface area contributed by atoms with E-state index in [4.69, 9.17) is 4.74 Å². The number of hydrogen-bond donors (Lipinski definition) is 2. The Balaban J connectivity index is 1.48. The quantitative estimate of drug-likeness (QED) is 0.510. The lowest BCUT2D eigenvalue weighted by molar-refractivity contribution is -0.116. The van der Waals surface area contributed by atoms with Gasteiger partial charge >= 0.3 is 5.97 Å². The Labute approximate surface area is 163 Å².